The van der Waals surface area contributed by atoms with E-state index in [0.29, 0.717) is 17.7 Å². The van der Waals surface area contributed by atoms with Crippen LogP contribution in [0.1, 0.15) is 27.8 Å². The van der Waals surface area contributed by atoms with E-state index in [-0.39, 0.29) is 41.7 Å². The highest BCUT2D eigenvalue weighted by atomic mass is 35.5. The van der Waals surface area contributed by atoms with Gasteiger partial charge in [0.15, 0.2) is 5.78 Å². The molecule has 0 aromatic heterocycles. The van der Waals surface area contributed by atoms with Crippen LogP contribution in [-0.2, 0) is 16.0 Å². The number of benzene rings is 6. The molecule has 0 aliphatic rings. The first-order valence-corrected chi connectivity index (χ1v) is 19.9. The molecule has 0 radical (unpaired) electrons. The first-order valence-electron chi connectivity index (χ1n) is 19.9. The third kappa shape index (κ3) is 18.2. The number of quaternary nitrogens is 1. The molecule has 0 amide bonds. The Labute approximate surface area is 371 Å². The molecule has 11 heteroatoms. The van der Waals surface area contributed by atoms with Crippen molar-refractivity contribution in [3.8, 4) is 23.0 Å². The summed E-state index contributed by atoms with van der Waals surface area (Å²) in [5.41, 5.74) is 11.2. The van der Waals surface area contributed by atoms with E-state index < -0.39 is 5.97 Å². The van der Waals surface area contributed by atoms with Gasteiger partial charge in [0.25, 0.3) is 0 Å². The number of nitrogens with two attached hydrogens (primary N) is 1. The van der Waals surface area contributed by atoms with Gasteiger partial charge in [0.1, 0.15) is 42.8 Å². The molecule has 0 unspecified atom stereocenters. The van der Waals surface area contributed by atoms with E-state index in [1.165, 1.54) is 17.0 Å². The molecular formula is C51H56ClN3O7. The average molecular weight is 858 g/mol. The Hall–Kier alpha value is -6.85. The van der Waals surface area contributed by atoms with Gasteiger partial charge in [0, 0.05) is 24.2 Å². The van der Waals surface area contributed by atoms with Crippen LogP contribution in [0, 0.1) is 0 Å². The fourth-order valence-corrected chi connectivity index (χ4v) is 5.57. The Balaban J connectivity index is 0.000000272. The highest BCUT2D eigenvalue weighted by molar-refractivity contribution is 6.26. The van der Waals surface area contributed by atoms with E-state index in [9.17, 15) is 24.9 Å². The minimum Gasteiger partial charge on any atom is -1.00 e. The smallest absolute Gasteiger partial charge is 0.336 e. The van der Waals surface area contributed by atoms with E-state index in [0.717, 1.165) is 59.1 Å². The molecule has 62 heavy (non-hydrogen) atoms. The molecule has 10 nitrogen and oxygen atoms in total. The van der Waals surface area contributed by atoms with Gasteiger partial charge in [-0.05, 0) is 115 Å². The monoisotopic (exact) mass is 857 g/mol. The molecule has 0 heterocycles. The number of ether oxygens (including phenoxy) is 2. The second-order valence-electron chi connectivity index (χ2n) is 14.6. The Kier molecular flexibility index (Phi) is 21.1. The van der Waals surface area contributed by atoms with Crippen molar-refractivity contribution in [2.45, 2.75) is 6.42 Å². The van der Waals surface area contributed by atoms with Crippen LogP contribution in [0.2, 0.25) is 0 Å². The molecule has 0 aliphatic carbocycles. The van der Waals surface area contributed by atoms with Crippen LogP contribution < -0.4 is 32.5 Å². The number of anilines is 1. The Bertz CT molecular complexity index is 2280. The summed E-state index contributed by atoms with van der Waals surface area (Å²) in [6, 6.07) is 47.0. The molecule has 0 bridgehead atoms. The predicted molar refractivity (Wildman–Crippen MR) is 246 cm³/mol. The lowest BCUT2D eigenvalue weighted by Gasteiger charge is -2.12. The first-order chi connectivity index (χ1) is 29.4. The first kappa shape index (κ1) is 49.5. The molecule has 6 aromatic rings. The van der Waals surface area contributed by atoms with E-state index in [1.54, 1.807) is 42.5 Å². The topological polar surface area (TPSA) is 147 Å². The minimum absolute atomic E-state index is 0. The standard InChI is InChI=1S/C26H27NO3.C15H12O3.C10H16N2O.ClH/c1-27(2)16-17-30-24-14-8-21(9-15-24)19-26(29)25(18-20-6-4-3-5-7-20)22-10-12-23(28)13-11-22;16-13-8-6-12(7-9-13)14(15(17)18)10-11-4-2-1-3-5-11;1-12(2)7-8-13-10-5-3-9(11)4-6-10;/h3-15,18,28H,16-17,19H2,1-2H3;1-10,16H,(H,17,18);3-6H,7-8,11H2,1-2H3;1H. The number of hydrogen-bond donors (Lipinski definition) is 5. The Morgan fingerprint density at radius 1 is 0.613 bits per heavy atom. The van der Waals surface area contributed by atoms with Crippen molar-refractivity contribution in [1.82, 2.24) is 4.90 Å². The van der Waals surface area contributed by atoms with Crippen molar-refractivity contribution in [3.05, 3.63) is 186 Å². The molecule has 0 saturated carbocycles. The number of likely N-dealkylation sites (N-methyl/N-ethyl adjacent to an activating group) is 2. The number of hydrogen-bond acceptors (Lipinski definition) is 8. The number of Topliss-reactive ketones (excluding diaryl/α,β-unsaturated/α-hetero) is 1. The Morgan fingerprint density at radius 3 is 1.50 bits per heavy atom. The zero-order valence-corrected chi connectivity index (χ0v) is 36.3. The lowest BCUT2D eigenvalue weighted by Crippen LogP contribution is -3.06. The highest BCUT2D eigenvalue weighted by Crippen LogP contribution is 2.25. The van der Waals surface area contributed by atoms with Crippen molar-refractivity contribution in [3.63, 3.8) is 0 Å². The minimum atomic E-state index is -0.996. The molecule has 0 spiro atoms. The van der Waals surface area contributed by atoms with Gasteiger partial charge in [-0.1, -0.05) is 97.1 Å². The molecule has 6 N–H and O–H groups in total. The quantitative estimate of drug-likeness (QED) is 0.0540. The summed E-state index contributed by atoms with van der Waals surface area (Å²) in [7, 11) is 8.22. The molecule has 0 aliphatic heterocycles. The van der Waals surface area contributed by atoms with Crippen molar-refractivity contribution in [1.29, 1.82) is 0 Å². The number of carboxylic acids is 1. The normalized spacial score (nSPS) is 11.0. The van der Waals surface area contributed by atoms with Gasteiger partial charge >= 0.3 is 5.97 Å². The number of aliphatic carboxylic acids is 1. The van der Waals surface area contributed by atoms with E-state index in [4.69, 9.17) is 15.2 Å². The molecule has 0 fully saturated rings. The number of phenolic OH excluding ortho intramolecular Hbond substituents is 2. The highest BCUT2D eigenvalue weighted by Gasteiger charge is 2.14. The third-order valence-electron chi connectivity index (χ3n) is 8.95. The number of carbonyl (C=O) groups is 2. The maximum Gasteiger partial charge on any atom is 0.336 e. The number of allylic oxidation sites excluding steroid dienone is 1. The van der Waals surface area contributed by atoms with Crippen molar-refractivity contribution >= 4 is 40.7 Å². The van der Waals surface area contributed by atoms with Crippen LogP contribution in [0.25, 0.3) is 23.3 Å². The molecular weight excluding hydrogens is 802 g/mol. The zero-order chi connectivity index (χ0) is 44.0. The maximum absolute atomic E-state index is 13.2. The maximum atomic E-state index is 13.2. The number of nitrogen functional groups attached to an aromatic ring is 1. The van der Waals surface area contributed by atoms with Crippen LogP contribution >= 0.6 is 0 Å². The number of aromatic hydroxyl groups is 2. The summed E-state index contributed by atoms with van der Waals surface area (Å²) >= 11 is 0. The van der Waals surface area contributed by atoms with E-state index >= 15 is 0 Å². The number of carboxylic acid groups (broad SMARTS) is 1. The zero-order valence-electron chi connectivity index (χ0n) is 35.6. The van der Waals surface area contributed by atoms with Gasteiger partial charge in [-0.15, -0.1) is 0 Å². The largest absolute Gasteiger partial charge is 1.00 e. The van der Waals surface area contributed by atoms with Gasteiger partial charge in [0.2, 0.25) is 0 Å². The fraction of sp³-hybridized carbons (Fsp3) is 0.176. The number of rotatable bonds is 16. The lowest BCUT2D eigenvalue weighted by molar-refractivity contribution is -0.858. The van der Waals surface area contributed by atoms with Crippen molar-refractivity contribution < 1.29 is 51.7 Å². The molecule has 6 aromatic carbocycles. The van der Waals surface area contributed by atoms with Crippen LogP contribution in [0.3, 0.4) is 0 Å². The summed E-state index contributed by atoms with van der Waals surface area (Å²) in [5, 5.41) is 28.0. The number of nitrogens with one attached hydrogen (secondary N) is 1. The number of nitrogens with zero attached hydrogens (tertiary/aromatic N) is 1. The average Bonchev–Trinajstić information content (AvgIpc) is 3.25. The molecule has 6 rings (SSSR count). The fourth-order valence-electron chi connectivity index (χ4n) is 5.57. The van der Waals surface area contributed by atoms with Gasteiger partial charge < -0.3 is 52.7 Å². The van der Waals surface area contributed by atoms with Gasteiger partial charge in [-0.25, -0.2) is 4.79 Å². The van der Waals surface area contributed by atoms with E-state index in [1.807, 2.05) is 129 Å². The lowest BCUT2D eigenvalue weighted by atomic mass is 9.95. The summed E-state index contributed by atoms with van der Waals surface area (Å²) in [4.78, 5) is 27.9. The van der Waals surface area contributed by atoms with Crippen LogP contribution in [0.5, 0.6) is 23.0 Å². The summed E-state index contributed by atoms with van der Waals surface area (Å²) < 4.78 is 11.2. The van der Waals surface area contributed by atoms with Crippen molar-refractivity contribution in [2.75, 3.05) is 60.2 Å². The van der Waals surface area contributed by atoms with E-state index in [2.05, 4.69) is 19.0 Å². The van der Waals surface area contributed by atoms with Crippen LogP contribution in [0.15, 0.2) is 158 Å². The number of phenols is 2. The number of carbonyl (C=O) groups excluding carboxylic acids is 1. The molecule has 0 saturated heterocycles. The summed E-state index contributed by atoms with van der Waals surface area (Å²) in [6.45, 7) is 3.22. The number of ketones is 1. The summed E-state index contributed by atoms with van der Waals surface area (Å²) in [6.07, 6.45) is 3.79. The Morgan fingerprint density at radius 2 is 1.05 bits per heavy atom. The van der Waals surface area contributed by atoms with Crippen LogP contribution in [0.4, 0.5) is 5.69 Å². The predicted octanol–water partition coefficient (Wildman–Crippen LogP) is 4.50. The van der Waals surface area contributed by atoms with Gasteiger partial charge in [0.05, 0.1) is 19.7 Å². The third-order valence-corrected chi connectivity index (χ3v) is 8.95. The number of halogens is 1. The van der Waals surface area contributed by atoms with Crippen LogP contribution in [-0.4, -0.2) is 86.5 Å². The second-order valence-corrected chi connectivity index (χ2v) is 14.6. The SMILES string of the molecule is CN(C)CCOc1ccc(CC(=O)C(=Cc2ccccc2)c2ccc(O)cc2)cc1.C[NH+](C)CCOc1ccc(N)cc1.O=C(O)C(=Cc1ccccc1)c1ccc(O)cc1.[Cl-]. The second kappa shape index (κ2) is 26.4. The van der Waals surface area contributed by atoms with Crippen molar-refractivity contribution in [2.24, 2.45) is 0 Å². The molecule has 324 valence electrons. The summed E-state index contributed by atoms with van der Waals surface area (Å²) in [5.74, 6) is 0.996. The van der Waals surface area contributed by atoms with Gasteiger partial charge in [-0.2, -0.15) is 0 Å². The van der Waals surface area contributed by atoms with Gasteiger partial charge in [-0.3, -0.25) is 4.79 Å². The molecule has 0 atom stereocenters.